The van der Waals surface area contributed by atoms with Crippen LogP contribution in [-0.2, 0) is 25.3 Å². The van der Waals surface area contributed by atoms with Gasteiger partial charge in [-0.15, -0.1) is 0 Å². The largest absolute Gasteiger partial charge is 0.489 e. The van der Waals surface area contributed by atoms with Crippen LogP contribution in [0.4, 0.5) is 0 Å². The first-order valence-electron chi connectivity index (χ1n) is 12.5. The summed E-state index contributed by atoms with van der Waals surface area (Å²) >= 11 is 0. The van der Waals surface area contributed by atoms with Gasteiger partial charge in [-0.3, -0.25) is 4.79 Å². The second-order valence-electron chi connectivity index (χ2n) is 11.0. The maximum atomic E-state index is 13.2. The van der Waals surface area contributed by atoms with Gasteiger partial charge in [0.25, 0.3) is 5.91 Å². The summed E-state index contributed by atoms with van der Waals surface area (Å²) in [5.41, 5.74) is 3.31. The molecule has 0 aromatic heterocycles. The number of aryl methyl sites for hydroxylation is 2. The molecular formula is C27H42N2O5S. The standard InChI is InChI=1S/C27H42N2O5S/c1-9-14-32-22-16-19(3)18(2)15-21(22)24(28-35(31)26(4,5)6)20-10-12-29(13-11-20)25(30)23-17-33-27(7,8)34-23/h9,15-16,20,23-24,28H,1,10-14,17H2,2-8H3/t23-,24-,35?/m1/s1. The monoisotopic (exact) mass is 506 g/mol. The molecule has 35 heavy (non-hydrogen) atoms. The second kappa shape index (κ2) is 11.1. The SMILES string of the molecule is C=CCOc1cc(C)c(C)cc1[C@H](NS(=O)C(C)(C)C)C1CCN(C(=O)[C@H]2COC(C)(C)O2)CC1. The molecule has 2 heterocycles. The third kappa shape index (κ3) is 6.94. The number of piperidine rings is 1. The summed E-state index contributed by atoms with van der Waals surface area (Å²) in [6.07, 6.45) is 2.75. The fourth-order valence-electron chi connectivity index (χ4n) is 4.50. The summed E-state index contributed by atoms with van der Waals surface area (Å²) in [4.78, 5) is 14.9. The number of carbonyl (C=O) groups excluding carboxylic acids is 1. The Bertz CT molecular complexity index is 948. The molecule has 2 aliphatic rings. The van der Waals surface area contributed by atoms with Crippen molar-refractivity contribution in [1.82, 2.24) is 9.62 Å². The van der Waals surface area contributed by atoms with Crippen molar-refractivity contribution in [2.75, 3.05) is 26.3 Å². The van der Waals surface area contributed by atoms with Crippen LogP contribution in [0.15, 0.2) is 24.8 Å². The highest BCUT2D eigenvalue weighted by molar-refractivity contribution is 7.84. The summed E-state index contributed by atoms with van der Waals surface area (Å²) in [7, 11) is -1.27. The number of carbonyl (C=O) groups is 1. The van der Waals surface area contributed by atoms with Crippen molar-refractivity contribution < 1.29 is 23.2 Å². The number of hydrogen-bond acceptors (Lipinski definition) is 5. The zero-order valence-corrected chi connectivity index (χ0v) is 23.1. The van der Waals surface area contributed by atoms with Crippen LogP contribution in [-0.4, -0.2) is 58.0 Å². The summed E-state index contributed by atoms with van der Waals surface area (Å²) in [6.45, 7) is 19.4. The molecule has 3 atom stereocenters. The fourth-order valence-corrected chi connectivity index (χ4v) is 5.40. The van der Waals surface area contributed by atoms with Crippen molar-refractivity contribution in [1.29, 1.82) is 0 Å². The number of nitrogens with zero attached hydrogens (tertiary/aromatic N) is 1. The Kier molecular flexibility index (Phi) is 8.84. The Morgan fingerprint density at radius 2 is 1.91 bits per heavy atom. The molecule has 7 nitrogen and oxygen atoms in total. The van der Waals surface area contributed by atoms with Crippen molar-refractivity contribution in [3.8, 4) is 5.75 Å². The molecule has 0 radical (unpaired) electrons. The highest BCUT2D eigenvalue weighted by Gasteiger charge is 2.41. The van der Waals surface area contributed by atoms with E-state index in [1.165, 1.54) is 0 Å². The van der Waals surface area contributed by atoms with Gasteiger partial charge in [0.2, 0.25) is 0 Å². The lowest BCUT2D eigenvalue weighted by Gasteiger charge is -2.38. The summed E-state index contributed by atoms with van der Waals surface area (Å²) < 4.78 is 33.7. The summed E-state index contributed by atoms with van der Waals surface area (Å²) in [5.74, 6) is 0.234. The van der Waals surface area contributed by atoms with Crippen LogP contribution in [0, 0.1) is 19.8 Å². The molecule has 1 N–H and O–H groups in total. The lowest BCUT2D eigenvalue weighted by atomic mass is 9.84. The minimum absolute atomic E-state index is 0.0158. The second-order valence-corrected chi connectivity index (χ2v) is 13.0. The Hall–Kier alpha value is -1.74. The van der Waals surface area contributed by atoms with Crippen LogP contribution >= 0.6 is 0 Å². The van der Waals surface area contributed by atoms with E-state index in [0.29, 0.717) is 19.7 Å². The van der Waals surface area contributed by atoms with E-state index in [4.69, 9.17) is 14.2 Å². The molecule has 1 aromatic rings. The van der Waals surface area contributed by atoms with Crippen LogP contribution in [0.3, 0.4) is 0 Å². The number of hydrogen-bond donors (Lipinski definition) is 1. The number of likely N-dealkylation sites (tertiary alicyclic amines) is 1. The van der Waals surface area contributed by atoms with E-state index in [1.807, 2.05) is 39.5 Å². The molecule has 1 unspecified atom stereocenters. The molecule has 2 fully saturated rings. The Morgan fingerprint density at radius 1 is 1.29 bits per heavy atom. The van der Waals surface area contributed by atoms with Gasteiger partial charge in [0.15, 0.2) is 11.9 Å². The van der Waals surface area contributed by atoms with Gasteiger partial charge in [-0.1, -0.05) is 18.7 Å². The predicted octanol–water partition coefficient (Wildman–Crippen LogP) is 4.35. The average molecular weight is 507 g/mol. The molecule has 3 rings (SSSR count). The van der Waals surface area contributed by atoms with Gasteiger partial charge in [-0.2, -0.15) is 0 Å². The highest BCUT2D eigenvalue weighted by Crippen LogP contribution is 2.38. The first kappa shape index (κ1) is 27.8. The number of rotatable bonds is 8. The minimum Gasteiger partial charge on any atom is -0.489 e. The lowest BCUT2D eigenvalue weighted by molar-refractivity contribution is -0.161. The normalized spacial score (nSPS) is 22.6. The highest BCUT2D eigenvalue weighted by atomic mass is 32.2. The van der Waals surface area contributed by atoms with E-state index in [9.17, 15) is 9.00 Å². The topological polar surface area (TPSA) is 77.1 Å². The Morgan fingerprint density at radius 3 is 2.46 bits per heavy atom. The average Bonchev–Trinajstić information content (AvgIpc) is 3.16. The van der Waals surface area contributed by atoms with Crippen molar-refractivity contribution in [2.24, 2.45) is 5.92 Å². The van der Waals surface area contributed by atoms with E-state index in [-0.39, 0.29) is 24.5 Å². The van der Waals surface area contributed by atoms with E-state index < -0.39 is 27.6 Å². The number of nitrogens with one attached hydrogen (secondary N) is 1. The van der Waals surface area contributed by atoms with Gasteiger partial charge >= 0.3 is 0 Å². The van der Waals surface area contributed by atoms with Crippen LogP contribution in [0.2, 0.25) is 0 Å². The zero-order chi connectivity index (χ0) is 26.0. The van der Waals surface area contributed by atoms with Gasteiger partial charge < -0.3 is 19.1 Å². The number of benzene rings is 1. The molecule has 2 aliphatic heterocycles. The molecular weight excluding hydrogens is 464 g/mol. The summed E-state index contributed by atoms with van der Waals surface area (Å²) in [6, 6.07) is 4.03. The van der Waals surface area contributed by atoms with Gasteiger partial charge in [0.05, 0.1) is 28.4 Å². The van der Waals surface area contributed by atoms with Crippen LogP contribution in [0.5, 0.6) is 5.75 Å². The van der Waals surface area contributed by atoms with E-state index in [0.717, 1.165) is 35.3 Å². The van der Waals surface area contributed by atoms with Crippen LogP contribution < -0.4 is 9.46 Å². The molecule has 0 bridgehead atoms. The van der Waals surface area contributed by atoms with Gasteiger partial charge in [-0.25, -0.2) is 8.93 Å². The maximum Gasteiger partial charge on any atom is 0.254 e. The van der Waals surface area contributed by atoms with Crippen molar-refractivity contribution in [3.63, 3.8) is 0 Å². The minimum atomic E-state index is -1.27. The van der Waals surface area contributed by atoms with Gasteiger partial charge in [0, 0.05) is 18.7 Å². The molecule has 1 amide bonds. The fraction of sp³-hybridized carbons (Fsp3) is 0.667. The molecule has 196 valence electrons. The zero-order valence-electron chi connectivity index (χ0n) is 22.3. The summed E-state index contributed by atoms with van der Waals surface area (Å²) in [5, 5.41) is 0. The van der Waals surface area contributed by atoms with E-state index in [2.05, 4.69) is 37.3 Å². The Labute approximate surface area is 213 Å². The van der Waals surface area contributed by atoms with Crippen LogP contribution in [0.1, 0.15) is 70.2 Å². The third-order valence-corrected chi connectivity index (χ3v) is 8.29. The number of amides is 1. The molecule has 8 heteroatoms. The quantitative estimate of drug-likeness (QED) is 0.531. The first-order valence-corrected chi connectivity index (χ1v) is 13.6. The van der Waals surface area contributed by atoms with E-state index in [1.54, 1.807) is 6.08 Å². The van der Waals surface area contributed by atoms with Crippen molar-refractivity contribution in [2.45, 2.75) is 84.0 Å². The molecule has 2 saturated heterocycles. The van der Waals surface area contributed by atoms with E-state index >= 15 is 0 Å². The molecule has 1 aromatic carbocycles. The lowest BCUT2D eigenvalue weighted by Crippen LogP contribution is -2.47. The Balaban J connectivity index is 1.83. The van der Waals surface area contributed by atoms with Gasteiger partial charge in [0.1, 0.15) is 12.4 Å². The maximum absolute atomic E-state index is 13.2. The molecule has 0 saturated carbocycles. The third-order valence-electron chi connectivity index (χ3n) is 6.71. The smallest absolute Gasteiger partial charge is 0.254 e. The first-order chi connectivity index (χ1) is 16.3. The number of ether oxygens (including phenoxy) is 3. The van der Waals surface area contributed by atoms with Crippen LogP contribution in [0.25, 0.3) is 0 Å². The predicted molar refractivity (Wildman–Crippen MR) is 140 cm³/mol. The van der Waals surface area contributed by atoms with Crippen molar-refractivity contribution in [3.05, 3.63) is 41.5 Å². The molecule has 0 aliphatic carbocycles. The molecule has 0 spiro atoms. The van der Waals surface area contributed by atoms with Gasteiger partial charge in [-0.05, 0) is 84.4 Å². The van der Waals surface area contributed by atoms with Crippen molar-refractivity contribution >= 4 is 16.9 Å².